The summed E-state index contributed by atoms with van der Waals surface area (Å²) in [4.78, 5) is 45.5. The molecule has 0 fully saturated rings. The van der Waals surface area contributed by atoms with Crippen molar-refractivity contribution in [3.63, 3.8) is 0 Å². The summed E-state index contributed by atoms with van der Waals surface area (Å²) in [5.74, 6) is 28.4. The van der Waals surface area contributed by atoms with Gasteiger partial charge in [0.2, 0.25) is 0 Å². The maximum Gasteiger partial charge on any atom is 1.00 e. The molecule has 0 aromatic rings. The second-order valence-electron chi connectivity index (χ2n) is 8.38. The van der Waals surface area contributed by atoms with Crippen LogP contribution in [0.2, 0.25) is 0 Å². The molecule has 11 heteroatoms. The number of phosphoric ester groups is 1. The van der Waals surface area contributed by atoms with Gasteiger partial charge < -0.3 is 28.3 Å². The summed E-state index contributed by atoms with van der Waals surface area (Å²) in [5.41, 5.74) is 0. The second-order valence-corrected chi connectivity index (χ2v) is 9.54. The van der Waals surface area contributed by atoms with Crippen LogP contribution in [-0.2, 0) is 28.2 Å². The number of terminal acetylenes is 1. The summed E-state index contributed by atoms with van der Waals surface area (Å²) in [6.45, 7) is 0.849. The Hall–Kier alpha value is -2.03. The molecule has 0 aromatic carbocycles. The standard InChI is InChI=1S/C32H35O8P.2Na/c1-3-5-7-9-11-13-15-17-18-20-22-24-26-31(33)38-28-30(29-39-41(35,36)37)40-32(34)27-25-23-21-19-16-14-12-10-8-6-4-2;;/h1,30H,4,6,8,10,12,14,16,19,21,23,25,27-29H2,2H3,(H2,35,36,37);;/q;2*+1/p-2/t30-;;/m1../s1. The Kier molecular flexibility index (Phi) is 34.7. The Morgan fingerprint density at radius 1 is 0.698 bits per heavy atom. The summed E-state index contributed by atoms with van der Waals surface area (Å²) in [5, 5.41) is 0. The first kappa shape index (κ1) is 45.4. The second kappa shape index (κ2) is 32.9. The molecule has 0 spiro atoms. The van der Waals surface area contributed by atoms with Crippen molar-refractivity contribution in [3.8, 4) is 83.4 Å². The third-order valence-electron chi connectivity index (χ3n) is 4.96. The van der Waals surface area contributed by atoms with E-state index in [1.807, 2.05) is 0 Å². The number of carbonyl (C=O) groups excluding carboxylic acids is 2. The van der Waals surface area contributed by atoms with Gasteiger partial charge in [-0.15, -0.1) is 6.42 Å². The maximum absolute atomic E-state index is 12.1. The average Bonchev–Trinajstić information content (AvgIpc) is 2.93. The smallest absolute Gasteiger partial charge is 0.790 e. The molecule has 0 rings (SSSR count). The fourth-order valence-electron chi connectivity index (χ4n) is 3.07. The van der Waals surface area contributed by atoms with E-state index in [-0.39, 0.29) is 65.5 Å². The van der Waals surface area contributed by atoms with Crippen molar-refractivity contribution >= 4 is 19.8 Å². The van der Waals surface area contributed by atoms with Crippen LogP contribution < -0.4 is 68.9 Å². The van der Waals surface area contributed by atoms with Crippen LogP contribution >= 0.6 is 7.82 Å². The minimum Gasteiger partial charge on any atom is -0.790 e. The molecule has 1 atom stereocenters. The Bertz CT molecular complexity index is 1290. The molecule has 216 valence electrons. The van der Waals surface area contributed by atoms with Gasteiger partial charge in [-0.05, 0) is 77.5 Å². The molecule has 8 nitrogen and oxygen atoms in total. The van der Waals surface area contributed by atoms with Crippen LogP contribution in [0.25, 0.3) is 0 Å². The van der Waals surface area contributed by atoms with Crippen molar-refractivity contribution in [1.29, 1.82) is 0 Å². The summed E-state index contributed by atoms with van der Waals surface area (Å²) in [7, 11) is -5.32. The Morgan fingerprint density at radius 2 is 1.14 bits per heavy atom. The maximum atomic E-state index is 12.1. The first-order valence-electron chi connectivity index (χ1n) is 13.3. The van der Waals surface area contributed by atoms with E-state index < -0.39 is 39.1 Å². The molecular weight excluding hydrogens is 589 g/mol. The molecule has 0 radical (unpaired) electrons. The van der Waals surface area contributed by atoms with E-state index in [9.17, 15) is 23.9 Å². The van der Waals surface area contributed by atoms with Crippen molar-refractivity contribution in [2.24, 2.45) is 0 Å². The molecule has 0 unspecified atom stereocenters. The first-order chi connectivity index (χ1) is 19.8. The van der Waals surface area contributed by atoms with Crippen LogP contribution in [0.1, 0.15) is 84.0 Å². The zero-order valence-corrected chi connectivity index (χ0v) is 30.2. The first-order valence-corrected chi connectivity index (χ1v) is 14.7. The van der Waals surface area contributed by atoms with Crippen molar-refractivity contribution in [1.82, 2.24) is 0 Å². The molecule has 0 aromatic heterocycles. The van der Waals surface area contributed by atoms with Gasteiger partial charge in [0.15, 0.2) is 6.10 Å². The fourth-order valence-corrected chi connectivity index (χ4v) is 3.42. The summed E-state index contributed by atoms with van der Waals surface area (Å²) in [6.07, 6.45) is 16.0. The molecule has 0 heterocycles. The van der Waals surface area contributed by atoms with Crippen molar-refractivity contribution in [2.45, 2.75) is 90.1 Å². The summed E-state index contributed by atoms with van der Waals surface area (Å²) >= 11 is 0. The number of rotatable bonds is 18. The van der Waals surface area contributed by atoms with E-state index in [1.165, 1.54) is 44.9 Å². The number of unbranched alkanes of at least 4 members (excludes halogenated alkanes) is 10. The minimum atomic E-state index is -5.32. The van der Waals surface area contributed by atoms with Gasteiger partial charge in [0.1, 0.15) is 6.61 Å². The molecule has 0 N–H and O–H groups in total. The molecule has 0 aliphatic rings. The van der Waals surface area contributed by atoms with Gasteiger partial charge in [0, 0.05) is 12.3 Å². The Morgan fingerprint density at radius 3 is 1.60 bits per heavy atom. The van der Waals surface area contributed by atoms with Crippen LogP contribution in [0, 0.1) is 83.4 Å². The molecule has 0 saturated heterocycles. The number of hydrogen-bond donors (Lipinski definition) is 0. The predicted octanol–water partition coefficient (Wildman–Crippen LogP) is -3.35. The number of hydrogen-bond acceptors (Lipinski definition) is 8. The topological polar surface area (TPSA) is 125 Å². The van der Waals surface area contributed by atoms with Gasteiger partial charge in [-0.3, -0.25) is 4.79 Å². The van der Waals surface area contributed by atoms with Crippen LogP contribution in [-0.4, -0.2) is 31.3 Å². The van der Waals surface area contributed by atoms with E-state index in [1.54, 1.807) is 0 Å². The van der Waals surface area contributed by atoms with E-state index in [0.29, 0.717) is 6.42 Å². The molecule has 0 saturated carbocycles. The zero-order valence-electron chi connectivity index (χ0n) is 25.3. The summed E-state index contributed by atoms with van der Waals surface area (Å²) in [6, 6.07) is 0. The van der Waals surface area contributed by atoms with Gasteiger partial charge >= 0.3 is 71.1 Å². The molecule has 43 heavy (non-hydrogen) atoms. The largest absolute Gasteiger partial charge is 1.00 e. The minimum absolute atomic E-state index is 0. The van der Waals surface area contributed by atoms with Gasteiger partial charge in [-0.1, -0.05) is 71.1 Å². The van der Waals surface area contributed by atoms with Gasteiger partial charge in [0.05, 0.1) is 14.4 Å². The van der Waals surface area contributed by atoms with E-state index in [0.717, 1.165) is 19.3 Å². The SMILES string of the molecule is C#CC#CC#CC#CC#CC#CC#CC(=O)OC[C@H](COP(=O)([O-])[O-])OC(=O)CCCCCCCCCCCCC.[Na+].[Na+]. The van der Waals surface area contributed by atoms with E-state index in [2.05, 4.69) is 88.4 Å². The number of phosphoric acid groups is 1. The number of carbonyl (C=O) groups is 2. The van der Waals surface area contributed by atoms with Crippen LogP contribution in [0.15, 0.2) is 0 Å². The fraction of sp³-hybridized carbons (Fsp3) is 0.500. The van der Waals surface area contributed by atoms with Crippen LogP contribution in [0.4, 0.5) is 0 Å². The zero-order chi connectivity index (χ0) is 30.4. The molecule has 0 bridgehead atoms. The van der Waals surface area contributed by atoms with E-state index >= 15 is 0 Å². The van der Waals surface area contributed by atoms with Gasteiger partial charge in [-0.2, -0.15) is 0 Å². The van der Waals surface area contributed by atoms with Gasteiger partial charge in [0.25, 0.3) is 0 Å². The monoisotopic (exact) mass is 622 g/mol. The predicted molar refractivity (Wildman–Crippen MR) is 151 cm³/mol. The van der Waals surface area contributed by atoms with Gasteiger partial charge in [-0.25, -0.2) is 4.79 Å². The third kappa shape index (κ3) is 36.1. The summed E-state index contributed by atoms with van der Waals surface area (Å²) < 4.78 is 25.0. The van der Waals surface area contributed by atoms with Crippen molar-refractivity contribution in [3.05, 3.63) is 0 Å². The molecular formula is C32H33Na2O8P. The third-order valence-corrected chi connectivity index (χ3v) is 5.43. The van der Waals surface area contributed by atoms with E-state index in [4.69, 9.17) is 15.9 Å². The Labute approximate surface area is 301 Å². The molecule has 0 amide bonds. The average molecular weight is 623 g/mol. The quantitative estimate of drug-likeness (QED) is 0.0388. The van der Waals surface area contributed by atoms with Crippen molar-refractivity contribution < 1.29 is 97.1 Å². The molecule has 0 aliphatic carbocycles. The Balaban J connectivity index is -0.00000800. The molecule has 0 aliphatic heterocycles. The van der Waals surface area contributed by atoms with Crippen LogP contribution in [0.3, 0.4) is 0 Å². The number of esters is 2. The normalized spacial score (nSPS) is 9.35. The number of ether oxygens (including phenoxy) is 2. The van der Waals surface area contributed by atoms with Crippen molar-refractivity contribution in [2.75, 3.05) is 13.2 Å². The van der Waals surface area contributed by atoms with Crippen LogP contribution in [0.5, 0.6) is 0 Å².